The highest BCUT2D eigenvalue weighted by atomic mass is 19.1. The van der Waals surface area contributed by atoms with Crippen molar-refractivity contribution in [3.05, 3.63) is 107 Å². The Morgan fingerprint density at radius 2 is 1.74 bits per heavy atom. The highest BCUT2D eigenvalue weighted by molar-refractivity contribution is 5.95. The van der Waals surface area contributed by atoms with Crippen molar-refractivity contribution in [2.24, 2.45) is 0 Å². The SMILES string of the molecule is Cc1ccccc1CNC(=O)c1cccc(Nc2ccc(-c3cccc(F)c3)nn2)c1. The van der Waals surface area contributed by atoms with Crippen molar-refractivity contribution in [3.63, 3.8) is 0 Å². The first-order valence-corrected chi connectivity index (χ1v) is 9.88. The highest BCUT2D eigenvalue weighted by Crippen LogP contribution is 2.20. The fourth-order valence-electron chi connectivity index (χ4n) is 3.17. The van der Waals surface area contributed by atoms with Gasteiger partial charge in [-0.25, -0.2) is 4.39 Å². The summed E-state index contributed by atoms with van der Waals surface area (Å²) >= 11 is 0. The zero-order valence-corrected chi connectivity index (χ0v) is 17.0. The van der Waals surface area contributed by atoms with E-state index in [2.05, 4.69) is 20.8 Å². The molecule has 2 N–H and O–H groups in total. The van der Waals surface area contributed by atoms with E-state index >= 15 is 0 Å². The molecule has 4 aromatic rings. The van der Waals surface area contributed by atoms with Gasteiger partial charge in [-0.05, 0) is 60.5 Å². The second kappa shape index (κ2) is 9.17. The van der Waals surface area contributed by atoms with Crippen LogP contribution in [0.25, 0.3) is 11.3 Å². The Morgan fingerprint density at radius 3 is 2.52 bits per heavy atom. The number of aryl methyl sites for hydroxylation is 1. The lowest BCUT2D eigenvalue weighted by molar-refractivity contribution is 0.0951. The molecular weight excluding hydrogens is 391 g/mol. The predicted molar refractivity (Wildman–Crippen MR) is 119 cm³/mol. The third-order valence-corrected chi connectivity index (χ3v) is 4.88. The summed E-state index contributed by atoms with van der Waals surface area (Å²) in [7, 11) is 0. The number of hydrogen-bond donors (Lipinski definition) is 2. The van der Waals surface area contributed by atoms with E-state index in [0.717, 1.165) is 16.8 Å². The molecule has 0 atom stereocenters. The molecule has 0 radical (unpaired) electrons. The van der Waals surface area contributed by atoms with Crippen molar-refractivity contribution in [2.75, 3.05) is 5.32 Å². The first-order chi connectivity index (χ1) is 15.1. The molecule has 154 valence electrons. The maximum absolute atomic E-state index is 13.4. The fraction of sp³-hybridized carbons (Fsp3) is 0.0800. The van der Waals surface area contributed by atoms with Gasteiger partial charge in [0.2, 0.25) is 0 Å². The molecule has 0 saturated carbocycles. The van der Waals surface area contributed by atoms with Crippen LogP contribution in [0.1, 0.15) is 21.5 Å². The van der Waals surface area contributed by atoms with Crippen LogP contribution in [0.5, 0.6) is 0 Å². The number of carbonyl (C=O) groups is 1. The van der Waals surface area contributed by atoms with E-state index in [1.165, 1.54) is 12.1 Å². The van der Waals surface area contributed by atoms with E-state index in [0.29, 0.717) is 29.2 Å². The Bertz CT molecular complexity index is 1210. The van der Waals surface area contributed by atoms with Crippen LogP contribution >= 0.6 is 0 Å². The Hall–Kier alpha value is -4.06. The number of amides is 1. The van der Waals surface area contributed by atoms with Crippen LogP contribution in [0.2, 0.25) is 0 Å². The van der Waals surface area contributed by atoms with Crippen molar-refractivity contribution < 1.29 is 9.18 Å². The van der Waals surface area contributed by atoms with Gasteiger partial charge in [0.1, 0.15) is 5.82 Å². The number of carbonyl (C=O) groups excluding carboxylic acids is 1. The average molecular weight is 412 g/mol. The summed E-state index contributed by atoms with van der Waals surface area (Å²) < 4.78 is 13.4. The molecule has 31 heavy (non-hydrogen) atoms. The molecule has 1 heterocycles. The average Bonchev–Trinajstić information content (AvgIpc) is 2.79. The maximum Gasteiger partial charge on any atom is 0.251 e. The molecule has 3 aromatic carbocycles. The minimum atomic E-state index is -0.320. The Labute approximate surface area is 180 Å². The van der Waals surface area contributed by atoms with E-state index in [4.69, 9.17) is 0 Å². The van der Waals surface area contributed by atoms with Crippen molar-refractivity contribution >= 4 is 17.4 Å². The van der Waals surface area contributed by atoms with Crippen LogP contribution in [-0.2, 0) is 6.54 Å². The van der Waals surface area contributed by atoms with Gasteiger partial charge in [-0.1, -0.05) is 42.5 Å². The summed E-state index contributed by atoms with van der Waals surface area (Å²) in [4.78, 5) is 12.6. The van der Waals surface area contributed by atoms with E-state index < -0.39 is 0 Å². The van der Waals surface area contributed by atoms with E-state index in [-0.39, 0.29) is 11.7 Å². The molecule has 1 aromatic heterocycles. The molecule has 0 fully saturated rings. The summed E-state index contributed by atoms with van der Waals surface area (Å²) in [5.74, 6) is 0.0519. The van der Waals surface area contributed by atoms with Gasteiger partial charge < -0.3 is 10.6 Å². The quantitative estimate of drug-likeness (QED) is 0.453. The van der Waals surface area contributed by atoms with Gasteiger partial charge in [0.05, 0.1) is 5.69 Å². The molecule has 0 spiro atoms. The van der Waals surface area contributed by atoms with Gasteiger partial charge >= 0.3 is 0 Å². The fourth-order valence-corrected chi connectivity index (χ4v) is 3.17. The smallest absolute Gasteiger partial charge is 0.251 e. The normalized spacial score (nSPS) is 10.5. The number of benzene rings is 3. The van der Waals surface area contributed by atoms with Gasteiger partial charge in [0.25, 0.3) is 5.91 Å². The number of hydrogen-bond acceptors (Lipinski definition) is 4. The zero-order chi connectivity index (χ0) is 21.6. The minimum absolute atomic E-state index is 0.153. The molecule has 0 aliphatic carbocycles. The van der Waals surface area contributed by atoms with Crippen LogP contribution in [0, 0.1) is 12.7 Å². The Morgan fingerprint density at radius 1 is 0.903 bits per heavy atom. The third kappa shape index (κ3) is 5.11. The summed E-state index contributed by atoms with van der Waals surface area (Å²) in [5, 5.41) is 14.4. The van der Waals surface area contributed by atoms with E-state index in [9.17, 15) is 9.18 Å². The van der Waals surface area contributed by atoms with Crippen molar-refractivity contribution in [1.29, 1.82) is 0 Å². The largest absolute Gasteiger partial charge is 0.348 e. The second-order valence-electron chi connectivity index (χ2n) is 7.13. The lowest BCUT2D eigenvalue weighted by Crippen LogP contribution is -2.23. The molecular formula is C25H21FN4O. The van der Waals surface area contributed by atoms with Crippen LogP contribution in [0.4, 0.5) is 15.9 Å². The summed E-state index contributed by atoms with van der Waals surface area (Å²) in [6, 6.07) is 24.9. The number of anilines is 2. The summed E-state index contributed by atoms with van der Waals surface area (Å²) in [6.45, 7) is 2.49. The monoisotopic (exact) mass is 412 g/mol. The first kappa shape index (κ1) is 20.2. The highest BCUT2D eigenvalue weighted by Gasteiger charge is 2.08. The number of nitrogens with zero attached hydrogens (tertiary/aromatic N) is 2. The molecule has 0 aliphatic rings. The molecule has 0 bridgehead atoms. The third-order valence-electron chi connectivity index (χ3n) is 4.88. The van der Waals surface area contributed by atoms with E-state index in [1.54, 1.807) is 42.5 Å². The van der Waals surface area contributed by atoms with Crippen molar-refractivity contribution in [3.8, 4) is 11.3 Å². The topological polar surface area (TPSA) is 66.9 Å². The number of nitrogens with one attached hydrogen (secondary N) is 2. The summed E-state index contributed by atoms with van der Waals surface area (Å²) in [6.07, 6.45) is 0. The van der Waals surface area contributed by atoms with Crippen molar-refractivity contribution in [2.45, 2.75) is 13.5 Å². The minimum Gasteiger partial charge on any atom is -0.348 e. The number of aromatic nitrogens is 2. The van der Waals surface area contributed by atoms with Crippen LogP contribution < -0.4 is 10.6 Å². The first-order valence-electron chi connectivity index (χ1n) is 9.88. The van der Waals surface area contributed by atoms with Crippen LogP contribution in [-0.4, -0.2) is 16.1 Å². The van der Waals surface area contributed by atoms with Gasteiger partial charge in [0.15, 0.2) is 5.82 Å². The molecule has 4 rings (SSSR count). The Balaban J connectivity index is 1.42. The lowest BCUT2D eigenvalue weighted by atomic mass is 10.1. The van der Waals surface area contributed by atoms with Gasteiger partial charge in [0, 0.05) is 23.4 Å². The maximum atomic E-state index is 13.4. The van der Waals surface area contributed by atoms with Gasteiger partial charge in [-0.15, -0.1) is 10.2 Å². The zero-order valence-electron chi connectivity index (χ0n) is 17.0. The van der Waals surface area contributed by atoms with E-state index in [1.807, 2.05) is 37.3 Å². The predicted octanol–water partition coefficient (Wildman–Crippen LogP) is 5.26. The standard InChI is InChI=1S/C25H21FN4O/c1-17-6-2-3-7-20(17)16-27-25(31)19-9-5-11-22(15-19)28-24-13-12-23(29-30-24)18-8-4-10-21(26)14-18/h2-15H,16H2,1H3,(H,27,31)(H,28,30). The molecule has 0 unspecified atom stereocenters. The molecule has 0 saturated heterocycles. The number of halogens is 1. The van der Waals surface area contributed by atoms with Crippen LogP contribution in [0.3, 0.4) is 0 Å². The van der Waals surface area contributed by atoms with Gasteiger partial charge in [-0.3, -0.25) is 4.79 Å². The molecule has 6 heteroatoms. The van der Waals surface area contributed by atoms with Crippen molar-refractivity contribution in [1.82, 2.24) is 15.5 Å². The Kier molecular flexibility index (Phi) is 5.98. The molecule has 1 amide bonds. The molecule has 5 nitrogen and oxygen atoms in total. The lowest BCUT2D eigenvalue weighted by Gasteiger charge is -2.10. The summed E-state index contributed by atoms with van der Waals surface area (Å²) in [5.41, 5.74) is 4.72. The molecule has 0 aliphatic heterocycles. The number of rotatable bonds is 6. The van der Waals surface area contributed by atoms with Crippen LogP contribution in [0.15, 0.2) is 84.9 Å². The second-order valence-corrected chi connectivity index (χ2v) is 7.13. The van der Waals surface area contributed by atoms with Gasteiger partial charge in [-0.2, -0.15) is 0 Å².